The van der Waals surface area contributed by atoms with Crippen molar-refractivity contribution in [2.45, 2.75) is 6.42 Å². The Morgan fingerprint density at radius 1 is 1.62 bits per heavy atom. The van der Waals surface area contributed by atoms with E-state index in [0.717, 1.165) is 11.4 Å². The number of hydrogen-bond donors (Lipinski definition) is 1. The van der Waals surface area contributed by atoms with Crippen LogP contribution in [0.15, 0.2) is 24.2 Å². The zero-order valence-corrected chi connectivity index (χ0v) is 7.71. The van der Waals surface area contributed by atoms with Crippen molar-refractivity contribution < 1.29 is 0 Å². The highest BCUT2D eigenvalue weighted by atomic mass is 32.1. The van der Waals surface area contributed by atoms with E-state index < -0.39 is 0 Å². The average Bonchev–Trinajstić information content (AvgIpc) is 2.60. The van der Waals surface area contributed by atoms with E-state index in [9.17, 15) is 0 Å². The van der Waals surface area contributed by atoms with Gasteiger partial charge in [0.2, 0.25) is 0 Å². The summed E-state index contributed by atoms with van der Waals surface area (Å²) in [6.07, 6.45) is 7.38. The lowest BCUT2D eigenvalue weighted by molar-refractivity contribution is 1.19. The molecule has 0 saturated carbocycles. The van der Waals surface area contributed by atoms with Crippen LogP contribution in [0.1, 0.15) is 5.01 Å². The maximum absolute atomic E-state index is 7.48. The molecule has 0 fully saturated rings. The lowest BCUT2D eigenvalue weighted by Gasteiger charge is -1.79. The largest absolute Gasteiger partial charge is 0.249 e. The highest BCUT2D eigenvalue weighted by Gasteiger charge is 1.86. The van der Waals surface area contributed by atoms with Crippen LogP contribution in [0.2, 0.25) is 0 Å². The molecule has 0 saturated heterocycles. The SMILES string of the molecule is C=CCc1nccs1.N#CNC#N. The molecule has 0 aromatic carbocycles. The Morgan fingerprint density at radius 2 is 2.31 bits per heavy atom. The molecule has 1 rings (SSSR count). The van der Waals surface area contributed by atoms with Crippen LogP contribution < -0.4 is 5.32 Å². The number of allylic oxidation sites excluding steroid dienone is 1. The second-order valence-corrected chi connectivity index (χ2v) is 2.75. The topological polar surface area (TPSA) is 72.5 Å². The van der Waals surface area contributed by atoms with Gasteiger partial charge in [0, 0.05) is 18.0 Å². The Balaban J connectivity index is 0.000000252. The number of rotatable bonds is 2. The molecule has 4 nitrogen and oxygen atoms in total. The third-order valence-electron chi connectivity index (χ3n) is 0.914. The molecule has 0 spiro atoms. The molecular formula is C8H8N4S. The monoisotopic (exact) mass is 192 g/mol. The van der Waals surface area contributed by atoms with Crippen LogP contribution in [0.5, 0.6) is 0 Å². The van der Waals surface area contributed by atoms with Gasteiger partial charge >= 0.3 is 0 Å². The third-order valence-corrected chi connectivity index (χ3v) is 1.72. The van der Waals surface area contributed by atoms with Gasteiger partial charge in [0.15, 0.2) is 12.4 Å². The lowest BCUT2D eigenvalue weighted by Crippen LogP contribution is -1.88. The van der Waals surface area contributed by atoms with Crippen molar-refractivity contribution in [1.29, 1.82) is 10.5 Å². The molecule has 13 heavy (non-hydrogen) atoms. The predicted molar refractivity (Wildman–Crippen MR) is 50.4 cm³/mol. The number of nitriles is 2. The minimum atomic E-state index is 0.900. The smallest absolute Gasteiger partial charge is 0.190 e. The Kier molecular flexibility index (Phi) is 7.07. The van der Waals surface area contributed by atoms with Gasteiger partial charge in [0.25, 0.3) is 0 Å². The van der Waals surface area contributed by atoms with Crippen LogP contribution in [-0.2, 0) is 6.42 Å². The van der Waals surface area contributed by atoms with E-state index in [0.29, 0.717) is 0 Å². The number of thiazole rings is 1. The molecule has 1 aromatic heterocycles. The van der Waals surface area contributed by atoms with E-state index in [4.69, 9.17) is 10.5 Å². The minimum Gasteiger partial charge on any atom is -0.249 e. The summed E-state index contributed by atoms with van der Waals surface area (Å²) in [6.45, 7) is 3.60. The molecule has 1 heterocycles. The molecular weight excluding hydrogens is 184 g/mol. The number of nitrogens with zero attached hydrogens (tertiary/aromatic N) is 3. The van der Waals surface area contributed by atoms with Gasteiger partial charge in [-0.3, -0.25) is 0 Å². The van der Waals surface area contributed by atoms with Crippen LogP contribution in [0.3, 0.4) is 0 Å². The third kappa shape index (κ3) is 6.54. The molecule has 0 radical (unpaired) electrons. The maximum atomic E-state index is 7.48. The summed E-state index contributed by atoms with van der Waals surface area (Å²) in [5, 5.41) is 19.8. The fourth-order valence-corrected chi connectivity index (χ4v) is 1.12. The molecule has 5 heteroatoms. The van der Waals surface area contributed by atoms with Crippen LogP contribution in [0.25, 0.3) is 0 Å². The Labute approximate surface area is 80.8 Å². The van der Waals surface area contributed by atoms with Crippen LogP contribution in [0.4, 0.5) is 0 Å². The Bertz CT molecular complexity index is 292. The Hall–Kier alpha value is -1.85. The summed E-state index contributed by atoms with van der Waals surface area (Å²) in [5.41, 5.74) is 0. The van der Waals surface area contributed by atoms with Gasteiger partial charge in [-0.25, -0.2) is 10.3 Å². The standard InChI is InChI=1S/C6H7NS.C2HN3/c1-2-3-6-7-4-5-8-6;3-1-5-2-4/h2,4-5H,1,3H2;5H. The van der Waals surface area contributed by atoms with Crippen molar-refractivity contribution >= 4 is 11.3 Å². The van der Waals surface area contributed by atoms with Crippen molar-refractivity contribution in [1.82, 2.24) is 10.3 Å². The summed E-state index contributed by atoms with van der Waals surface area (Å²) in [6, 6.07) is 0. The van der Waals surface area contributed by atoms with Gasteiger partial charge in [0.1, 0.15) is 0 Å². The first kappa shape index (κ1) is 11.2. The number of nitrogens with one attached hydrogen (secondary N) is 1. The van der Waals surface area contributed by atoms with E-state index in [-0.39, 0.29) is 0 Å². The fourth-order valence-electron chi connectivity index (χ4n) is 0.502. The van der Waals surface area contributed by atoms with Crippen LogP contribution in [0, 0.1) is 22.9 Å². The number of hydrogen-bond acceptors (Lipinski definition) is 5. The summed E-state index contributed by atoms with van der Waals surface area (Å²) < 4.78 is 0. The zero-order valence-electron chi connectivity index (χ0n) is 6.90. The van der Waals surface area contributed by atoms with Gasteiger partial charge in [-0.2, -0.15) is 10.5 Å². The molecule has 0 atom stereocenters. The lowest BCUT2D eigenvalue weighted by atomic mass is 10.4. The van der Waals surface area contributed by atoms with E-state index in [1.165, 1.54) is 12.4 Å². The summed E-state index contributed by atoms with van der Waals surface area (Å²) in [5.74, 6) is 0. The summed E-state index contributed by atoms with van der Waals surface area (Å²) >= 11 is 1.67. The summed E-state index contributed by atoms with van der Waals surface area (Å²) in [4.78, 5) is 4.05. The van der Waals surface area contributed by atoms with E-state index in [2.05, 4.69) is 11.6 Å². The highest BCUT2D eigenvalue weighted by molar-refractivity contribution is 7.09. The molecule has 0 unspecified atom stereocenters. The van der Waals surface area contributed by atoms with Crippen molar-refractivity contribution in [3.05, 3.63) is 29.2 Å². The van der Waals surface area contributed by atoms with E-state index in [1.54, 1.807) is 16.7 Å². The second-order valence-electron chi connectivity index (χ2n) is 1.77. The van der Waals surface area contributed by atoms with Crippen molar-refractivity contribution in [2.24, 2.45) is 0 Å². The molecule has 0 aliphatic rings. The molecule has 0 bridgehead atoms. The van der Waals surface area contributed by atoms with E-state index in [1.807, 2.05) is 17.7 Å². The van der Waals surface area contributed by atoms with Gasteiger partial charge in [0.05, 0.1) is 5.01 Å². The van der Waals surface area contributed by atoms with Crippen molar-refractivity contribution in [3.63, 3.8) is 0 Å². The first-order valence-corrected chi connectivity index (χ1v) is 4.25. The first-order chi connectivity index (χ1) is 6.35. The second kappa shape index (κ2) is 8.25. The molecule has 0 amide bonds. The minimum absolute atomic E-state index is 0.900. The molecule has 66 valence electrons. The normalized spacial score (nSPS) is 6.92. The van der Waals surface area contributed by atoms with Crippen LogP contribution in [-0.4, -0.2) is 4.98 Å². The first-order valence-electron chi connectivity index (χ1n) is 3.37. The number of aromatic nitrogens is 1. The predicted octanol–water partition coefficient (Wildman–Crippen LogP) is 1.41. The molecule has 0 aliphatic heterocycles. The van der Waals surface area contributed by atoms with Gasteiger partial charge < -0.3 is 0 Å². The van der Waals surface area contributed by atoms with Crippen LogP contribution >= 0.6 is 11.3 Å². The molecule has 1 aromatic rings. The molecule has 0 aliphatic carbocycles. The van der Waals surface area contributed by atoms with Gasteiger partial charge in [-0.05, 0) is 0 Å². The quantitative estimate of drug-likeness (QED) is 0.437. The van der Waals surface area contributed by atoms with E-state index >= 15 is 0 Å². The maximum Gasteiger partial charge on any atom is 0.190 e. The van der Waals surface area contributed by atoms with Gasteiger partial charge in [-0.1, -0.05) is 6.08 Å². The van der Waals surface area contributed by atoms with Crippen molar-refractivity contribution in [3.8, 4) is 12.4 Å². The van der Waals surface area contributed by atoms with Gasteiger partial charge in [-0.15, -0.1) is 17.9 Å². The zero-order chi connectivity index (χ0) is 9.94. The summed E-state index contributed by atoms with van der Waals surface area (Å²) in [7, 11) is 0. The van der Waals surface area contributed by atoms with Crippen molar-refractivity contribution in [2.75, 3.05) is 0 Å². The average molecular weight is 192 g/mol. The molecule has 1 N–H and O–H groups in total. The fraction of sp³-hybridized carbons (Fsp3) is 0.125. The Morgan fingerprint density at radius 3 is 2.62 bits per heavy atom. The highest BCUT2D eigenvalue weighted by Crippen LogP contribution is 2.03.